The van der Waals surface area contributed by atoms with Gasteiger partial charge in [0.05, 0.1) is 15.1 Å². The molecular weight excluding hydrogens is 418 g/mol. The molecule has 2 atom stereocenters. The third-order valence-electron chi connectivity index (χ3n) is 5.49. The second-order valence-corrected chi connectivity index (χ2v) is 11.1. The van der Waals surface area contributed by atoms with Crippen molar-refractivity contribution in [3.05, 3.63) is 58.9 Å². The summed E-state index contributed by atoms with van der Waals surface area (Å²) in [6, 6.07) is 14.0. The minimum atomic E-state index is -3.56. The number of aryl methyl sites for hydroxylation is 1. The topological polar surface area (TPSA) is 71.7 Å². The Balaban J connectivity index is 1.60. The summed E-state index contributed by atoms with van der Waals surface area (Å²) in [7, 11) is -1.69. The van der Waals surface area contributed by atoms with E-state index in [1.807, 2.05) is 35.9 Å². The number of nitrogens with zero attached hydrogens (tertiary/aromatic N) is 3. The number of rotatable bonds is 3. The van der Waals surface area contributed by atoms with E-state index in [0.29, 0.717) is 35.3 Å². The molecule has 0 spiro atoms. The molecule has 6 nitrogen and oxygen atoms in total. The van der Waals surface area contributed by atoms with Crippen LogP contribution in [0.15, 0.2) is 58.4 Å². The van der Waals surface area contributed by atoms with Crippen molar-refractivity contribution < 1.29 is 13.2 Å². The molecule has 0 saturated carbocycles. The minimum Gasteiger partial charge on any atom is -0.319 e. The molecule has 1 amide bonds. The number of carbonyl (C=O) groups excluding carboxylic acids is 1. The highest BCUT2D eigenvalue weighted by molar-refractivity contribution is 7.89. The predicted molar refractivity (Wildman–Crippen MR) is 119 cm³/mol. The highest BCUT2D eigenvalue weighted by Gasteiger charge is 2.31. The number of fused-ring (bicyclic) bond motifs is 1. The van der Waals surface area contributed by atoms with Crippen LogP contribution in [0.5, 0.6) is 0 Å². The van der Waals surface area contributed by atoms with E-state index in [2.05, 4.69) is 18.8 Å². The predicted octanol–water partition coefficient (Wildman–Crippen LogP) is 3.65. The summed E-state index contributed by atoms with van der Waals surface area (Å²) in [5, 5.41) is 0. The Bertz CT molecular complexity index is 1250. The number of amides is 1. The average molecular weight is 444 g/mol. The van der Waals surface area contributed by atoms with E-state index in [4.69, 9.17) is 0 Å². The summed E-state index contributed by atoms with van der Waals surface area (Å²) in [6.07, 6.45) is 1.04. The molecule has 2 aromatic carbocycles. The molecule has 30 heavy (non-hydrogen) atoms. The maximum Gasteiger partial charge on any atom is 0.279 e. The Hall–Kier alpha value is -2.29. The second-order valence-electron chi connectivity index (χ2n) is 8.12. The molecule has 1 fully saturated rings. The van der Waals surface area contributed by atoms with Gasteiger partial charge < -0.3 is 4.57 Å². The summed E-state index contributed by atoms with van der Waals surface area (Å²) in [5.74, 6) is 0.289. The lowest BCUT2D eigenvalue weighted by molar-refractivity contribution is 0.0998. The van der Waals surface area contributed by atoms with E-state index in [-0.39, 0.29) is 10.8 Å². The van der Waals surface area contributed by atoms with Crippen LogP contribution < -0.4 is 4.80 Å². The van der Waals surface area contributed by atoms with Crippen LogP contribution in [0.2, 0.25) is 0 Å². The lowest BCUT2D eigenvalue weighted by Gasteiger charge is -2.34. The molecule has 1 aromatic heterocycles. The van der Waals surface area contributed by atoms with E-state index in [0.717, 1.165) is 16.6 Å². The van der Waals surface area contributed by atoms with Gasteiger partial charge in [0.1, 0.15) is 0 Å². The summed E-state index contributed by atoms with van der Waals surface area (Å²) in [4.78, 5) is 17.7. The van der Waals surface area contributed by atoms with E-state index in [1.165, 1.54) is 23.5 Å². The van der Waals surface area contributed by atoms with Crippen LogP contribution >= 0.6 is 11.3 Å². The third kappa shape index (κ3) is 3.99. The molecular formula is C22H25N3O3S2. The van der Waals surface area contributed by atoms with Crippen LogP contribution in [0.25, 0.3) is 10.2 Å². The quantitative estimate of drug-likeness (QED) is 0.620. The van der Waals surface area contributed by atoms with Gasteiger partial charge in [0.25, 0.3) is 5.91 Å². The molecule has 1 aliphatic rings. The molecule has 0 radical (unpaired) electrons. The fraction of sp³-hybridized carbons (Fsp3) is 0.364. The first kappa shape index (κ1) is 21.0. The van der Waals surface area contributed by atoms with Gasteiger partial charge in [-0.25, -0.2) is 8.42 Å². The second kappa shape index (κ2) is 8.09. The lowest BCUT2D eigenvalue weighted by atomic mass is 9.94. The van der Waals surface area contributed by atoms with Gasteiger partial charge in [-0.3, -0.25) is 4.79 Å². The van der Waals surface area contributed by atoms with Crippen LogP contribution in [0.3, 0.4) is 0 Å². The third-order valence-corrected chi connectivity index (χ3v) is 8.45. The van der Waals surface area contributed by atoms with Gasteiger partial charge in [-0.1, -0.05) is 37.3 Å². The number of benzene rings is 2. The smallest absolute Gasteiger partial charge is 0.279 e. The Morgan fingerprint density at radius 2 is 1.67 bits per heavy atom. The Morgan fingerprint density at radius 3 is 2.30 bits per heavy atom. The zero-order chi connectivity index (χ0) is 21.5. The van der Waals surface area contributed by atoms with Crippen molar-refractivity contribution in [3.63, 3.8) is 0 Å². The Morgan fingerprint density at radius 1 is 1.03 bits per heavy atom. The molecule has 0 bridgehead atoms. The van der Waals surface area contributed by atoms with E-state index < -0.39 is 10.0 Å². The van der Waals surface area contributed by atoms with Crippen molar-refractivity contribution in [1.82, 2.24) is 8.87 Å². The number of hydrogen-bond donors (Lipinski definition) is 0. The van der Waals surface area contributed by atoms with Gasteiger partial charge in [-0.05, 0) is 54.7 Å². The molecule has 1 saturated heterocycles. The van der Waals surface area contributed by atoms with Crippen LogP contribution in [0.4, 0.5) is 0 Å². The van der Waals surface area contributed by atoms with Crippen molar-refractivity contribution >= 4 is 37.5 Å². The van der Waals surface area contributed by atoms with Crippen molar-refractivity contribution in [2.24, 2.45) is 23.9 Å². The summed E-state index contributed by atoms with van der Waals surface area (Å²) in [6.45, 7) is 5.22. The molecule has 3 aromatic rings. The number of piperidine rings is 1. The molecule has 0 unspecified atom stereocenters. The summed E-state index contributed by atoms with van der Waals surface area (Å²) >= 11 is 1.45. The highest BCUT2D eigenvalue weighted by Crippen LogP contribution is 2.26. The van der Waals surface area contributed by atoms with Gasteiger partial charge in [0.15, 0.2) is 4.80 Å². The van der Waals surface area contributed by atoms with Crippen LogP contribution in [-0.2, 0) is 17.1 Å². The Kier molecular flexibility index (Phi) is 5.65. The van der Waals surface area contributed by atoms with E-state index >= 15 is 0 Å². The van der Waals surface area contributed by atoms with Gasteiger partial charge in [0, 0.05) is 25.7 Å². The van der Waals surface area contributed by atoms with Crippen LogP contribution in [-0.4, -0.2) is 36.3 Å². The largest absolute Gasteiger partial charge is 0.319 e. The van der Waals surface area contributed by atoms with Crippen LogP contribution in [0, 0.1) is 11.8 Å². The summed E-state index contributed by atoms with van der Waals surface area (Å²) < 4.78 is 30.5. The number of hydrogen-bond acceptors (Lipinski definition) is 4. The van der Waals surface area contributed by atoms with Gasteiger partial charge in [0.2, 0.25) is 10.0 Å². The Labute approximate surface area is 180 Å². The van der Waals surface area contributed by atoms with Crippen molar-refractivity contribution in [1.29, 1.82) is 0 Å². The number of carbonyl (C=O) groups is 1. The molecule has 2 heterocycles. The number of para-hydroxylation sites is 1. The van der Waals surface area contributed by atoms with Crippen molar-refractivity contribution in [3.8, 4) is 0 Å². The lowest BCUT2D eigenvalue weighted by Crippen LogP contribution is -2.42. The van der Waals surface area contributed by atoms with Crippen molar-refractivity contribution in [2.75, 3.05) is 13.1 Å². The number of aromatic nitrogens is 1. The molecule has 158 valence electrons. The zero-order valence-corrected chi connectivity index (χ0v) is 18.9. The molecule has 4 rings (SSSR count). The molecule has 0 N–H and O–H groups in total. The van der Waals surface area contributed by atoms with E-state index in [9.17, 15) is 13.2 Å². The number of thiazole rings is 1. The van der Waals surface area contributed by atoms with Gasteiger partial charge in [-0.15, -0.1) is 0 Å². The SMILES string of the molecule is C[C@@H]1C[C@@H](C)CN(S(=O)(=O)c2ccc(C(=O)N=c3sc4ccccc4n3C)cc2)C1. The molecule has 1 aliphatic heterocycles. The summed E-state index contributed by atoms with van der Waals surface area (Å²) in [5.41, 5.74) is 1.38. The first-order valence-corrected chi connectivity index (χ1v) is 12.2. The van der Waals surface area contributed by atoms with Gasteiger partial charge in [-0.2, -0.15) is 9.30 Å². The van der Waals surface area contributed by atoms with Gasteiger partial charge >= 0.3 is 0 Å². The number of sulfonamides is 1. The fourth-order valence-electron chi connectivity index (χ4n) is 4.06. The minimum absolute atomic E-state index is 0.216. The van der Waals surface area contributed by atoms with Crippen LogP contribution in [0.1, 0.15) is 30.6 Å². The zero-order valence-electron chi connectivity index (χ0n) is 17.3. The maximum atomic E-state index is 13.0. The maximum absolute atomic E-state index is 13.0. The standard InChI is InChI=1S/C22H25N3O3S2/c1-15-12-16(2)14-25(13-15)30(27,28)18-10-8-17(9-11-18)21(26)23-22-24(3)19-6-4-5-7-20(19)29-22/h4-11,15-16H,12-14H2,1-3H3/t15-,16-/m1/s1. The highest BCUT2D eigenvalue weighted by atomic mass is 32.2. The molecule has 8 heteroatoms. The first-order chi connectivity index (χ1) is 14.3. The first-order valence-electron chi connectivity index (χ1n) is 9.99. The van der Waals surface area contributed by atoms with E-state index in [1.54, 1.807) is 16.4 Å². The average Bonchev–Trinajstić information content (AvgIpc) is 3.03. The normalized spacial score (nSPS) is 21.2. The molecule has 0 aliphatic carbocycles. The monoisotopic (exact) mass is 443 g/mol. The fourth-order valence-corrected chi connectivity index (χ4v) is 6.76. The van der Waals surface area contributed by atoms with Crippen molar-refractivity contribution in [2.45, 2.75) is 25.2 Å².